The van der Waals surface area contributed by atoms with Gasteiger partial charge in [0.1, 0.15) is 0 Å². The molecule has 120 valence electrons. The number of nitrogens with zero attached hydrogens (tertiary/aromatic N) is 1. The molecule has 0 bridgehead atoms. The number of ether oxygens (including phenoxy) is 1. The van der Waals surface area contributed by atoms with Crippen LogP contribution in [0.1, 0.15) is 6.92 Å². The number of carbonyl (C=O) groups excluding carboxylic acids is 2. The Balaban J connectivity index is 2.73. The highest BCUT2D eigenvalue weighted by atomic mass is 32.2. The molecule has 0 atom stereocenters. The lowest BCUT2D eigenvalue weighted by Gasteiger charge is -2.11. The summed E-state index contributed by atoms with van der Waals surface area (Å²) in [6.07, 6.45) is 2.06. The Kier molecular flexibility index (Phi) is 6.26. The molecule has 0 saturated heterocycles. The number of esters is 1. The number of nitrogens with one attached hydrogen (secondary N) is 1. The van der Waals surface area contributed by atoms with Gasteiger partial charge in [0.2, 0.25) is 15.9 Å². The van der Waals surface area contributed by atoms with Gasteiger partial charge in [0, 0.05) is 31.9 Å². The molecule has 0 radical (unpaired) electrons. The summed E-state index contributed by atoms with van der Waals surface area (Å²) >= 11 is 0. The molecule has 0 spiro atoms. The summed E-state index contributed by atoms with van der Waals surface area (Å²) in [5.41, 5.74) is 0.413. The van der Waals surface area contributed by atoms with Crippen LogP contribution in [-0.4, -0.2) is 45.3 Å². The van der Waals surface area contributed by atoms with Gasteiger partial charge in [-0.2, -0.15) is 0 Å². The molecule has 8 heteroatoms. The molecule has 0 aliphatic heterocycles. The first kappa shape index (κ1) is 17.9. The number of rotatable bonds is 6. The Bertz CT molecular complexity index is 663. The minimum atomic E-state index is -3.50. The van der Waals surface area contributed by atoms with Crippen molar-refractivity contribution in [2.75, 3.05) is 26.0 Å². The number of anilines is 1. The van der Waals surface area contributed by atoms with Crippen LogP contribution in [0.5, 0.6) is 0 Å². The Morgan fingerprint density at radius 3 is 2.27 bits per heavy atom. The van der Waals surface area contributed by atoms with Gasteiger partial charge in [-0.1, -0.05) is 0 Å². The minimum absolute atomic E-state index is 0.123. The second kappa shape index (κ2) is 7.71. The summed E-state index contributed by atoms with van der Waals surface area (Å²) in [6, 6.07) is 5.71. The van der Waals surface area contributed by atoms with Crippen molar-refractivity contribution in [2.45, 2.75) is 11.8 Å². The Morgan fingerprint density at radius 2 is 1.77 bits per heavy atom. The maximum Gasteiger partial charge on any atom is 0.330 e. The van der Waals surface area contributed by atoms with E-state index in [1.807, 2.05) is 0 Å². The standard InChI is InChI=1S/C14H18N2O5S/c1-4-21-14(18)10-9-13(17)15-11-5-7-12(8-6-11)22(19,20)16(2)3/h5-10H,4H2,1-3H3,(H,15,17). The third-order valence-electron chi connectivity index (χ3n) is 2.56. The molecule has 1 aromatic carbocycles. The maximum atomic E-state index is 11.9. The van der Waals surface area contributed by atoms with Gasteiger partial charge < -0.3 is 10.1 Å². The zero-order valence-electron chi connectivity index (χ0n) is 12.6. The highest BCUT2D eigenvalue weighted by Gasteiger charge is 2.16. The first-order valence-electron chi connectivity index (χ1n) is 6.45. The van der Waals surface area contributed by atoms with E-state index in [0.717, 1.165) is 16.5 Å². The molecular formula is C14H18N2O5S. The van der Waals surface area contributed by atoms with Crippen LogP contribution in [0.3, 0.4) is 0 Å². The zero-order valence-corrected chi connectivity index (χ0v) is 13.4. The van der Waals surface area contributed by atoms with E-state index in [9.17, 15) is 18.0 Å². The normalized spacial score (nSPS) is 11.6. The van der Waals surface area contributed by atoms with Crippen molar-refractivity contribution in [3.63, 3.8) is 0 Å². The number of sulfonamides is 1. The topological polar surface area (TPSA) is 92.8 Å². The minimum Gasteiger partial charge on any atom is -0.463 e. The van der Waals surface area contributed by atoms with Gasteiger partial charge in [-0.25, -0.2) is 17.5 Å². The largest absolute Gasteiger partial charge is 0.463 e. The Morgan fingerprint density at radius 1 is 1.18 bits per heavy atom. The fraction of sp³-hybridized carbons (Fsp3) is 0.286. The van der Waals surface area contributed by atoms with E-state index in [4.69, 9.17) is 0 Å². The zero-order chi connectivity index (χ0) is 16.8. The predicted molar refractivity (Wildman–Crippen MR) is 81.7 cm³/mol. The van der Waals surface area contributed by atoms with Crippen LogP contribution in [0.2, 0.25) is 0 Å². The smallest absolute Gasteiger partial charge is 0.330 e. The van der Waals surface area contributed by atoms with E-state index in [1.54, 1.807) is 6.92 Å². The first-order chi connectivity index (χ1) is 10.3. The van der Waals surface area contributed by atoms with Crippen LogP contribution in [-0.2, 0) is 24.3 Å². The lowest BCUT2D eigenvalue weighted by molar-refractivity contribution is -0.137. The maximum absolute atomic E-state index is 11.9. The van der Waals surface area contributed by atoms with Crippen molar-refractivity contribution in [2.24, 2.45) is 0 Å². The monoisotopic (exact) mass is 326 g/mol. The van der Waals surface area contributed by atoms with Gasteiger partial charge in [-0.05, 0) is 31.2 Å². The van der Waals surface area contributed by atoms with Crippen molar-refractivity contribution < 1.29 is 22.7 Å². The van der Waals surface area contributed by atoms with E-state index in [0.29, 0.717) is 5.69 Å². The van der Waals surface area contributed by atoms with E-state index < -0.39 is 21.9 Å². The predicted octanol–water partition coefficient (Wildman–Crippen LogP) is 0.995. The molecule has 0 aromatic heterocycles. The number of hydrogen-bond donors (Lipinski definition) is 1. The Hall–Kier alpha value is -2.19. The van der Waals surface area contributed by atoms with E-state index in [1.165, 1.54) is 38.4 Å². The molecule has 1 amide bonds. The third kappa shape index (κ3) is 4.97. The van der Waals surface area contributed by atoms with Gasteiger partial charge in [0.25, 0.3) is 0 Å². The molecule has 1 aromatic rings. The summed E-state index contributed by atoms with van der Waals surface area (Å²) in [4.78, 5) is 22.8. The van der Waals surface area contributed by atoms with Crippen molar-refractivity contribution in [3.8, 4) is 0 Å². The molecular weight excluding hydrogens is 308 g/mol. The molecule has 1 rings (SSSR count). The van der Waals surface area contributed by atoms with Gasteiger partial charge in [-0.3, -0.25) is 4.79 Å². The SMILES string of the molecule is CCOC(=O)C=CC(=O)Nc1ccc(S(=O)(=O)N(C)C)cc1. The lowest BCUT2D eigenvalue weighted by atomic mass is 10.3. The summed E-state index contributed by atoms with van der Waals surface area (Å²) in [6.45, 7) is 1.89. The lowest BCUT2D eigenvalue weighted by Crippen LogP contribution is -2.22. The molecule has 0 unspecified atom stereocenters. The molecule has 7 nitrogen and oxygen atoms in total. The van der Waals surface area contributed by atoms with Crippen LogP contribution in [0.15, 0.2) is 41.3 Å². The van der Waals surface area contributed by atoms with E-state index >= 15 is 0 Å². The van der Waals surface area contributed by atoms with Crippen LogP contribution < -0.4 is 5.32 Å². The highest BCUT2D eigenvalue weighted by Crippen LogP contribution is 2.16. The van der Waals surface area contributed by atoms with Crippen molar-refractivity contribution in [1.82, 2.24) is 4.31 Å². The summed E-state index contributed by atoms with van der Waals surface area (Å²) in [5, 5.41) is 2.51. The van der Waals surface area contributed by atoms with Crippen molar-refractivity contribution >= 4 is 27.6 Å². The van der Waals surface area contributed by atoms with Crippen LogP contribution in [0.4, 0.5) is 5.69 Å². The quantitative estimate of drug-likeness (QED) is 0.622. The third-order valence-corrected chi connectivity index (χ3v) is 4.39. The molecule has 0 aliphatic carbocycles. The first-order valence-corrected chi connectivity index (χ1v) is 7.89. The molecule has 22 heavy (non-hydrogen) atoms. The van der Waals surface area contributed by atoms with Gasteiger partial charge in [0.05, 0.1) is 11.5 Å². The number of benzene rings is 1. The highest BCUT2D eigenvalue weighted by molar-refractivity contribution is 7.89. The van der Waals surface area contributed by atoms with Crippen LogP contribution >= 0.6 is 0 Å². The van der Waals surface area contributed by atoms with Crippen molar-refractivity contribution in [1.29, 1.82) is 0 Å². The van der Waals surface area contributed by atoms with Gasteiger partial charge >= 0.3 is 5.97 Å². The number of amides is 1. The second-order valence-electron chi connectivity index (χ2n) is 4.39. The van der Waals surface area contributed by atoms with Crippen molar-refractivity contribution in [3.05, 3.63) is 36.4 Å². The van der Waals surface area contributed by atoms with Crippen LogP contribution in [0.25, 0.3) is 0 Å². The molecule has 0 fully saturated rings. The molecule has 0 aliphatic rings. The van der Waals surface area contributed by atoms with Gasteiger partial charge in [0.15, 0.2) is 0 Å². The second-order valence-corrected chi connectivity index (χ2v) is 6.54. The molecule has 1 N–H and O–H groups in total. The van der Waals surface area contributed by atoms with Crippen LogP contribution in [0, 0.1) is 0 Å². The molecule has 0 heterocycles. The number of hydrogen-bond acceptors (Lipinski definition) is 5. The summed E-state index contributed by atoms with van der Waals surface area (Å²) in [7, 11) is -0.633. The summed E-state index contributed by atoms with van der Waals surface area (Å²) < 4.78 is 29.5. The molecule has 0 saturated carbocycles. The summed E-state index contributed by atoms with van der Waals surface area (Å²) in [5.74, 6) is -1.12. The number of carbonyl (C=O) groups is 2. The van der Waals surface area contributed by atoms with Gasteiger partial charge in [-0.15, -0.1) is 0 Å². The average molecular weight is 326 g/mol. The van der Waals surface area contributed by atoms with E-state index in [-0.39, 0.29) is 11.5 Å². The average Bonchev–Trinajstić information content (AvgIpc) is 2.46. The fourth-order valence-corrected chi connectivity index (χ4v) is 2.34. The van der Waals surface area contributed by atoms with E-state index in [2.05, 4.69) is 10.1 Å². The fourth-order valence-electron chi connectivity index (χ4n) is 1.44. The Labute approximate surface area is 129 Å².